The van der Waals surface area contributed by atoms with Crippen molar-refractivity contribution in [3.63, 3.8) is 0 Å². The van der Waals surface area contributed by atoms with Gasteiger partial charge in [0.05, 0.1) is 34.0 Å². The topological polar surface area (TPSA) is 148 Å². The van der Waals surface area contributed by atoms with Gasteiger partial charge in [0.1, 0.15) is 19.8 Å². The highest BCUT2D eigenvalue weighted by Gasteiger charge is 2.20. The van der Waals surface area contributed by atoms with Crippen molar-refractivity contribution in [3.8, 4) is 0 Å². The Hall–Kier alpha value is -2.32. The first-order valence-corrected chi connectivity index (χ1v) is 21.2. The van der Waals surface area contributed by atoms with Gasteiger partial charge in [-0.2, -0.15) is 0 Å². The first-order chi connectivity index (χ1) is 26.4. The van der Waals surface area contributed by atoms with E-state index in [1.54, 1.807) is 4.90 Å². The summed E-state index contributed by atoms with van der Waals surface area (Å²) >= 11 is 0. The molecule has 1 amide bonds. The summed E-state index contributed by atoms with van der Waals surface area (Å²) in [5.41, 5.74) is 0. The maximum absolute atomic E-state index is 12.7. The van der Waals surface area contributed by atoms with E-state index in [1.165, 1.54) is 111 Å². The average Bonchev–Trinajstić information content (AvgIpc) is 3.16. The predicted octanol–water partition coefficient (Wildman–Crippen LogP) is 7.96. The molecule has 0 bridgehead atoms. The molecule has 0 aliphatic carbocycles. The van der Waals surface area contributed by atoms with Crippen molar-refractivity contribution < 1.29 is 52.9 Å². The lowest BCUT2D eigenvalue weighted by Gasteiger charge is -2.21. The molecule has 0 saturated heterocycles. The number of unbranched alkanes of at least 4 members (excludes halogenated alkanes) is 20. The van der Waals surface area contributed by atoms with Gasteiger partial charge in [-0.15, -0.1) is 0 Å². The molecule has 0 aromatic rings. The van der Waals surface area contributed by atoms with Gasteiger partial charge in [0.15, 0.2) is 6.10 Å². The highest BCUT2D eigenvalue weighted by Crippen LogP contribution is 2.14. The fraction of sp³-hybridized carbons (Fsp3) is 0.902. The summed E-state index contributed by atoms with van der Waals surface area (Å²) in [4.78, 5) is 71.0. The molecule has 0 rings (SSSR count). The van der Waals surface area contributed by atoms with Crippen LogP contribution in [0.5, 0.6) is 0 Å². The van der Waals surface area contributed by atoms with Crippen molar-refractivity contribution in [2.24, 2.45) is 0 Å². The number of ether oxygens (including phenoxy) is 3. The van der Waals surface area contributed by atoms with Crippen LogP contribution in [0.3, 0.4) is 0 Å². The van der Waals surface area contributed by atoms with E-state index in [0.29, 0.717) is 19.5 Å². The predicted molar refractivity (Wildman–Crippen MR) is 209 cm³/mol. The molecule has 0 aliphatic heterocycles. The van der Waals surface area contributed by atoms with Crippen molar-refractivity contribution in [2.75, 3.05) is 66.8 Å². The van der Waals surface area contributed by atoms with Crippen LogP contribution in [0.25, 0.3) is 0 Å². The van der Waals surface area contributed by atoms with E-state index in [1.807, 2.05) is 0 Å². The number of amides is 1. The van der Waals surface area contributed by atoms with Crippen molar-refractivity contribution >= 4 is 23.8 Å². The molecule has 1 atom stereocenters. The lowest BCUT2D eigenvalue weighted by atomic mass is 10.1. The molecule has 54 heavy (non-hydrogen) atoms. The molecule has 0 saturated carbocycles. The van der Waals surface area contributed by atoms with Crippen molar-refractivity contribution in [3.05, 3.63) is 0 Å². The molecule has 1 N–H and O–H groups in total. The Morgan fingerprint density at radius 2 is 0.907 bits per heavy atom. The minimum absolute atomic E-state index is 0.0260. The van der Waals surface area contributed by atoms with Crippen molar-refractivity contribution in [2.45, 2.75) is 174 Å². The lowest BCUT2D eigenvalue weighted by Crippen LogP contribution is -2.42. The van der Waals surface area contributed by atoms with Crippen LogP contribution in [-0.2, 0) is 52.9 Å². The van der Waals surface area contributed by atoms with Crippen LogP contribution in [0.15, 0.2) is 0 Å². The van der Waals surface area contributed by atoms with Gasteiger partial charge in [-0.05, 0) is 12.8 Å². The third-order valence-electron chi connectivity index (χ3n) is 9.14. The van der Waals surface area contributed by atoms with E-state index in [-0.39, 0.29) is 58.3 Å². The molecule has 13 nitrogen and oxygen atoms in total. The van der Waals surface area contributed by atoms with Gasteiger partial charge >= 0.3 is 17.9 Å². The molecule has 0 aliphatic rings. The maximum Gasteiger partial charge on any atom is 0.325 e. The fourth-order valence-corrected chi connectivity index (χ4v) is 5.92. The number of carbonyl (C=O) groups excluding carboxylic acids is 4. The molecule has 318 valence electrons. The van der Waals surface area contributed by atoms with E-state index < -0.39 is 23.9 Å². The monoisotopic (exact) mass is 775 g/mol. The largest absolute Gasteiger partial charge is 0.462 e. The molecule has 1 unspecified atom stereocenters. The number of rotatable bonds is 41. The van der Waals surface area contributed by atoms with Crippen molar-refractivity contribution in [1.29, 1.82) is 0 Å². The maximum atomic E-state index is 12.7. The van der Waals surface area contributed by atoms with Gasteiger partial charge in [-0.1, -0.05) is 142 Å². The molecular formula is C41H78N2O11. The molecular weight excluding hydrogens is 696 g/mol. The van der Waals surface area contributed by atoms with Gasteiger partial charge in [0.2, 0.25) is 5.91 Å². The van der Waals surface area contributed by atoms with Crippen LogP contribution >= 0.6 is 0 Å². The number of carbonyl (C=O) groups is 4. The Kier molecular flexibility index (Phi) is 38.6. The van der Waals surface area contributed by atoms with E-state index in [4.69, 9.17) is 24.0 Å². The summed E-state index contributed by atoms with van der Waals surface area (Å²) in [5, 5.41) is 2.53. The Morgan fingerprint density at radius 1 is 0.519 bits per heavy atom. The smallest absolute Gasteiger partial charge is 0.325 e. The number of nitrogens with zero attached hydrogens (tertiary/aromatic N) is 1. The van der Waals surface area contributed by atoms with Gasteiger partial charge in [0.25, 0.3) is 0 Å². The highest BCUT2D eigenvalue weighted by atomic mass is 17.2. The summed E-state index contributed by atoms with van der Waals surface area (Å²) in [7, 11) is 2.79. The quantitative estimate of drug-likeness (QED) is 0.0211. The normalized spacial score (nSPS) is 11.8. The number of hydrogen-bond donors (Lipinski definition) is 1. The summed E-state index contributed by atoms with van der Waals surface area (Å²) < 4.78 is 16.4. The van der Waals surface area contributed by atoms with Gasteiger partial charge in [-0.25, -0.2) is 19.6 Å². The summed E-state index contributed by atoms with van der Waals surface area (Å²) in [5.74, 6) is -1.91. The van der Waals surface area contributed by atoms with Gasteiger partial charge in [-0.3, -0.25) is 24.1 Å². The fourth-order valence-electron chi connectivity index (χ4n) is 5.92. The average molecular weight is 775 g/mol. The zero-order valence-electron chi connectivity index (χ0n) is 34.6. The van der Waals surface area contributed by atoms with Crippen LogP contribution in [0.2, 0.25) is 0 Å². The standard InChI is InChI=1S/C41H78N2O11/c1-5-7-9-11-13-15-17-19-21-23-25-27-39(45)50-35-37(54-40(46)28-26-24-22-20-18-16-14-12-10-8-6-2)36-51-41(47)33-42-38(44)34-43(29-31-52-48-3)30-32-53-49-4/h37H,5-36H2,1-4H3,(H,42,44). The summed E-state index contributed by atoms with van der Waals surface area (Å²) in [6.07, 6.45) is 25.5. The second kappa shape index (κ2) is 40.3. The second-order valence-corrected chi connectivity index (χ2v) is 14.1. The molecule has 0 aromatic carbocycles. The van der Waals surface area contributed by atoms with Crippen molar-refractivity contribution in [1.82, 2.24) is 10.2 Å². The summed E-state index contributed by atoms with van der Waals surface area (Å²) in [6, 6.07) is 0. The second-order valence-electron chi connectivity index (χ2n) is 14.1. The van der Waals surface area contributed by atoms with E-state index in [2.05, 4.69) is 28.9 Å². The number of esters is 3. The minimum atomic E-state index is -0.941. The molecule has 13 heteroatoms. The zero-order valence-corrected chi connectivity index (χ0v) is 34.6. The van der Waals surface area contributed by atoms with Crippen LogP contribution in [0.4, 0.5) is 0 Å². The Morgan fingerprint density at radius 3 is 1.33 bits per heavy atom. The molecule has 0 spiro atoms. The molecule has 0 fully saturated rings. The van der Waals surface area contributed by atoms with E-state index in [9.17, 15) is 19.2 Å². The van der Waals surface area contributed by atoms with Gasteiger partial charge in [0, 0.05) is 25.9 Å². The first kappa shape index (κ1) is 51.7. The lowest BCUT2D eigenvalue weighted by molar-refractivity contribution is -0.280. The SMILES string of the molecule is CCCCCCCCCCCCCC(=O)OCC(COC(=O)CNC(=O)CN(CCOOC)CCOOC)OC(=O)CCCCCCCCCCCCC. The Bertz CT molecular complexity index is 883. The highest BCUT2D eigenvalue weighted by molar-refractivity contribution is 5.83. The van der Waals surface area contributed by atoms with E-state index in [0.717, 1.165) is 38.5 Å². The van der Waals surface area contributed by atoms with Crippen LogP contribution in [-0.4, -0.2) is 102 Å². The minimum Gasteiger partial charge on any atom is -0.462 e. The van der Waals surface area contributed by atoms with E-state index >= 15 is 0 Å². The zero-order chi connectivity index (χ0) is 39.7. The first-order valence-electron chi connectivity index (χ1n) is 21.2. The van der Waals surface area contributed by atoms with Crippen LogP contribution in [0.1, 0.15) is 168 Å². The van der Waals surface area contributed by atoms with Crippen LogP contribution in [0, 0.1) is 0 Å². The number of nitrogens with one attached hydrogen (secondary N) is 1. The third-order valence-corrected chi connectivity index (χ3v) is 9.14. The molecule has 0 aromatic heterocycles. The third kappa shape index (κ3) is 36.6. The van der Waals surface area contributed by atoms with Crippen LogP contribution < -0.4 is 5.32 Å². The van der Waals surface area contributed by atoms with Gasteiger partial charge < -0.3 is 19.5 Å². The Balaban J connectivity index is 4.68. The number of hydrogen-bond acceptors (Lipinski definition) is 12. The Labute approximate surface area is 327 Å². The molecule has 0 heterocycles. The summed E-state index contributed by atoms with van der Waals surface area (Å²) in [6.45, 7) is 4.76. The molecule has 0 radical (unpaired) electrons.